The van der Waals surface area contributed by atoms with E-state index in [1.807, 2.05) is 18.2 Å². The molecule has 0 saturated heterocycles. The highest BCUT2D eigenvalue weighted by Crippen LogP contribution is 2.22. The summed E-state index contributed by atoms with van der Waals surface area (Å²) in [6, 6.07) is 7.92. The minimum absolute atomic E-state index is 0.201. The van der Waals surface area contributed by atoms with Crippen molar-refractivity contribution in [3.63, 3.8) is 0 Å². The van der Waals surface area contributed by atoms with Crippen molar-refractivity contribution in [1.29, 1.82) is 0 Å². The van der Waals surface area contributed by atoms with E-state index >= 15 is 0 Å². The van der Waals surface area contributed by atoms with Gasteiger partial charge in [0.15, 0.2) is 5.78 Å². The number of hydrogen-bond acceptors (Lipinski definition) is 2. The standard InChI is InChI=1S/C23H40NO2/c1-6-9-15-24(16-10-7-2,17-11-8-3)19-20-13-12-14-21(18-20)22(25)23(4,5)26/h12-14,18,26H,6-11,15-17,19H2,1-5H3/q+1. The van der Waals surface area contributed by atoms with Crippen molar-refractivity contribution in [1.82, 2.24) is 0 Å². The summed E-state index contributed by atoms with van der Waals surface area (Å²) >= 11 is 0. The molecule has 0 radical (unpaired) electrons. The second-order valence-corrected chi connectivity index (χ2v) is 8.32. The van der Waals surface area contributed by atoms with Crippen molar-refractivity contribution in [3.05, 3.63) is 35.4 Å². The fraction of sp³-hybridized carbons (Fsp3) is 0.696. The number of carbonyl (C=O) groups is 1. The number of hydrogen-bond donors (Lipinski definition) is 1. The number of aliphatic hydroxyl groups is 1. The van der Waals surface area contributed by atoms with Gasteiger partial charge >= 0.3 is 0 Å². The summed E-state index contributed by atoms with van der Waals surface area (Å²) in [7, 11) is 0. The number of unbranched alkanes of at least 4 members (excludes halogenated alkanes) is 3. The maximum absolute atomic E-state index is 12.4. The Kier molecular flexibility index (Phi) is 9.52. The third kappa shape index (κ3) is 7.20. The van der Waals surface area contributed by atoms with Crippen molar-refractivity contribution in [2.24, 2.45) is 0 Å². The van der Waals surface area contributed by atoms with E-state index in [1.54, 1.807) is 13.8 Å². The second kappa shape index (κ2) is 10.8. The molecule has 1 rings (SSSR count). The van der Waals surface area contributed by atoms with Gasteiger partial charge in [-0.2, -0.15) is 0 Å². The van der Waals surface area contributed by atoms with E-state index < -0.39 is 5.60 Å². The number of benzene rings is 1. The minimum atomic E-state index is -1.32. The summed E-state index contributed by atoms with van der Waals surface area (Å²) in [5.74, 6) is -0.201. The van der Waals surface area contributed by atoms with E-state index in [0.29, 0.717) is 5.56 Å². The van der Waals surface area contributed by atoms with Gasteiger partial charge in [-0.25, -0.2) is 0 Å². The Bertz CT molecular complexity index is 524. The van der Waals surface area contributed by atoms with E-state index in [0.717, 1.165) is 11.0 Å². The Morgan fingerprint density at radius 2 is 1.46 bits per heavy atom. The Balaban J connectivity index is 3.09. The molecule has 1 aromatic carbocycles. The van der Waals surface area contributed by atoms with Crippen LogP contribution < -0.4 is 0 Å². The van der Waals surface area contributed by atoms with Gasteiger partial charge in [0.05, 0.1) is 19.6 Å². The summed E-state index contributed by atoms with van der Waals surface area (Å²) < 4.78 is 1.12. The average molecular weight is 363 g/mol. The molecule has 0 aliphatic carbocycles. The van der Waals surface area contributed by atoms with Crippen LogP contribution in [-0.4, -0.2) is 40.6 Å². The van der Waals surface area contributed by atoms with Crippen LogP contribution in [0.5, 0.6) is 0 Å². The highest BCUT2D eigenvalue weighted by atomic mass is 16.3. The summed E-state index contributed by atoms with van der Waals surface area (Å²) in [5, 5.41) is 10.1. The molecule has 0 aliphatic heterocycles. The van der Waals surface area contributed by atoms with Crippen molar-refractivity contribution in [3.8, 4) is 0 Å². The van der Waals surface area contributed by atoms with Crippen LogP contribution >= 0.6 is 0 Å². The van der Waals surface area contributed by atoms with Crippen LogP contribution in [0.4, 0.5) is 0 Å². The van der Waals surface area contributed by atoms with Crippen LogP contribution in [0.15, 0.2) is 24.3 Å². The molecular weight excluding hydrogens is 322 g/mol. The molecule has 0 bridgehead atoms. The van der Waals surface area contributed by atoms with Crippen molar-refractivity contribution >= 4 is 5.78 Å². The zero-order valence-electron chi connectivity index (χ0n) is 17.7. The zero-order valence-corrected chi connectivity index (χ0v) is 17.7. The molecule has 1 aromatic rings. The van der Waals surface area contributed by atoms with Crippen LogP contribution in [0.3, 0.4) is 0 Å². The van der Waals surface area contributed by atoms with Crippen LogP contribution in [0, 0.1) is 0 Å². The molecule has 0 heterocycles. The molecule has 0 amide bonds. The summed E-state index contributed by atoms with van der Waals surface area (Å²) in [5.41, 5.74) is 0.509. The minimum Gasteiger partial charge on any atom is -0.382 e. The van der Waals surface area contributed by atoms with Gasteiger partial charge in [0.25, 0.3) is 0 Å². The van der Waals surface area contributed by atoms with Crippen LogP contribution in [0.2, 0.25) is 0 Å². The number of quaternary nitrogens is 1. The lowest BCUT2D eigenvalue weighted by Crippen LogP contribution is -2.49. The molecule has 0 atom stereocenters. The Hall–Kier alpha value is -1.19. The molecule has 0 saturated carbocycles. The van der Waals surface area contributed by atoms with Crippen molar-refractivity contribution in [2.75, 3.05) is 19.6 Å². The van der Waals surface area contributed by atoms with Crippen molar-refractivity contribution in [2.45, 2.75) is 85.3 Å². The normalized spacial score (nSPS) is 12.4. The van der Waals surface area contributed by atoms with Gasteiger partial charge < -0.3 is 9.59 Å². The van der Waals surface area contributed by atoms with Gasteiger partial charge in [-0.15, -0.1) is 0 Å². The number of Topliss-reactive ketones (excluding diaryl/α,β-unsaturated/α-hetero) is 1. The third-order valence-corrected chi connectivity index (χ3v) is 5.22. The molecular formula is C23H40NO2+. The quantitative estimate of drug-likeness (QED) is 0.379. The molecule has 3 nitrogen and oxygen atoms in total. The number of rotatable bonds is 13. The molecule has 0 unspecified atom stereocenters. The fourth-order valence-corrected chi connectivity index (χ4v) is 3.60. The summed E-state index contributed by atoms with van der Waals surface area (Å²) in [6.45, 7) is 14.5. The zero-order chi connectivity index (χ0) is 19.6. The largest absolute Gasteiger partial charge is 0.382 e. The molecule has 0 aliphatic rings. The van der Waals surface area contributed by atoms with Crippen molar-refractivity contribution < 1.29 is 14.4 Å². The lowest BCUT2D eigenvalue weighted by atomic mass is 9.95. The predicted molar refractivity (Wildman–Crippen MR) is 110 cm³/mol. The Labute approximate surface area is 161 Å². The first kappa shape index (κ1) is 22.9. The van der Waals surface area contributed by atoms with E-state index in [4.69, 9.17) is 0 Å². The molecule has 3 heteroatoms. The van der Waals surface area contributed by atoms with Crippen LogP contribution in [0.25, 0.3) is 0 Å². The highest BCUT2D eigenvalue weighted by Gasteiger charge is 2.28. The van der Waals surface area contributed by atoms with E-state index in [2.05, 4.69) is 26.8 Å². The summed E-state index contributed by atoms with van der Waals surface area (Å²) in [6.07, 6.45) is 7.39. The van der Waals surface area contributed by atoms with Crippen LogP contribution in [0.1, 0.15) is 89.1 Å². The smallest absolute Gasteiger partial charge is 0.193 e. The monoisotopic (exact) mass is 362 g/mol. The maximum atomic E-state index is 12.4. The Morgan fingerprint density at radius 3 is 1.88 bits per heavy atom. The van der Waals surface area contributed by atoms with E-state index in [9.17, 15) is 9.90 Å². The topological polar surface area (TPSA) is 37.3 Å². The first-order valence-corrected chi connectivity index (χ1v) is 10.5. The lowest BCUT2D eigenvalue weighted by molar-refractivity contribution is -0.941. The molecule has 26 heavy (non-hydrogen) atoms. The average Bonchev–Trinajstić information content (AvgIpc) is 2.61. The fourth-order valence-electron chi connectivity index (χ4n) is 3.60. The third-order valence-electron chi connectivity index (χ3n) is 5.22. The van der Waals surface area contributed by atoms with Gasteiger partial charge in [0.2, 0.25) is 0 Å². The van der Waals surface area contributed by atoms with Gasteiger partial charge in [-0.1, -0.05) is 58.2 Å². The van der Waals surface area contributed by atoms with E-state index in [1.165, 1.54) is 63.7 Å². The molecule has 0 aromatic heterocycles. The van der Waals surface area contributed by atoms with Gasteiger partial charge in [-0.05, 0) is 39.2 Å². The highest BCUT2D eigenvalue weighted by molar-refractivity contribution is 6.01. The molecule has 0 fully saturated rings. The maximum Gasteiger partial charge on any atom is 0.193 e. The lowest BCUT2D eigenvalue weighted by Gasteiger charge is -2.39. The number of carbonyl (C=O) groups excluding carboxylic acids is 1. The van der Waals surface area contributed by atoms with E-state index in [-0.39, 0.29) is 5.78 Å². The SMILES string of the molecule is CCCC[N+](CCCC)(CCCC)Cc1cccc(C(=O)C(C)(C)O)c1. The molecule has 148 valence electrons. The summed E-state index contributed by atoms with van der Waals surface area (Å²) in [4.78, 5) is 12.4. The predicted octanol–water partition coefficient (Wildman–Crippen LogP) is 5.36. The first-order chi connectivity index (χ1) is 12.3. The van der Waals surface area contributed by atoms with Gasteiger partial charge in [0.1, 0.15) is 12.1 Å². The van der Waals surface area contributed by atoms with Gasteiger partial charge in [0, 0.05) is 11.1 Å². The molecule has 1 N–H and O–H groups in total. The Morgan fingerprint density at radius 1 is 0.962 bits per heavy atom. The number of nitrogens with zero attached hydrogens (tertiary/aromatic N) is 1. The van der Waals surface area contributed by atoms with Gasteiger partial charge in [-0.3, -0.25) is 4.79 Å². The van der Waals surface area contributed by atoms with Crippen LogP contribution in [-0.2, 0) is 6.54 Å². The first-order valence-electron chi connectivity index (χ1n) is 10.5. The second-order valence-electron chi connectivity index (χ2n) is 8.32. The number of ketones is 1. The molecule has 0 spiro atoms.